The number of hydrogen-bond donors (Lipinski definition) is 2. The third-order valence-electron chi connectivity index (χ3n) is 5.15. The molecule has 0 radical (unpaired) electrons. The van der Waals surface area contributed by atoms with E-state index in [0.717, 1.165) is 29.2 Å². The van der Waals surface area contributed by atoms with Crippen molar-refractivity contribution in [2.45, 2.75) is 12.2 Å². The summed E-state index contributed by atoms with van der Waals surface area (Å²) in [5.41, 5.74) is -0.493. The third kappa shape index (κ3) is 3.71. The molecular formula is C24H16F3NO4. The molecule has 3 aromatic carbocycles. The molecule has 0 saturated carbocycles. The summed E-state index contributed by atoms with van der Waals surface area (Å²) in [4.78, 5) is 26.9. The minimum atomic E-state index is -4.56. The van der Waals surface area contributed by atoms with Gasteiger partial charge in [-0.05, 0) is 42.0 Å². The van der Waals surface area contributed by atoms with Crippen LogP contribution in [0.15, 0.2) is 84.4 Å². The quantitative estimate of drug-likeness (QED) is 0.341. The fourth-order valence-electron chi connectivity index (χ4n) is 3.67. The number of amides is 1. The van der Waals surface area contributed by atoms with Gasteiger partial charge in [-0.1, -0.05) is 42.5 Å². The standard InChI is InChI=1S/C24H16F3NO4/c25-24(26,27)16-9-11-17(12-10-16)28-20(15-7-4-8-18(29)13-15)19(22(31)23(28)32)21(30)14-5-2-1-3-6-14/h1-13,20,29-30H/b21-19+. The lowest BCUT2D eigenvalue weighted by atomic mass is 9.95. The van der Waals surface area contributed by atoms with Crippen molar-refractivity contribution in [3.8, 4) is 5.75 Å². The van der Waals surface area contributed by atoms with E-state index in [1.54, 1.807) is 36.4 Å². The highest BCUT2D eigenvalue weighted by Crippen LogP contribution is 2.43. The SMILES string of the molecule is O=C1C(=O)N(c2ccc(C(F)(F)F)cc2)C(c2cccc(O)c2)/C1=C(\O)c1ccccc1. The highest BCUT2D eigenvalue weighted by atomic mass is 19.4. The van der Waals surface area contributed by atoms with Gasteiger partial charge in [0.25, 0.3) is 11.7 Å². The molecule has 1 aliphatic rings. The Bertz CT molecular complexity index is 1220. The molecule has 1 heterocycles. The van der Waals surface area contributed by atoms with Crippen LogP contribution in [-0.2, 0) is 15.8 Å². The van der Waals surface area contributed by atoms with Crippen LogP contribution in [0.1, 0.15) is 22.7 Å². The van der Waals surface area contributed by atoms with E-state index in [9.17, 15) is 33.0 Å². The Morgan fingerprint density at radius 1 is 0.875 bits per heavy atom. The number of aliphatic hydroxyl groups is 1. The van der Waals surface area contributed by atoms with E-state index in [2.05, 4.69) is 0 Å². The fraction of sp³-hybridized carbons (Fsp3) is 0.0833. The second-order valence-corrected chi connectivity index (χ2v) is 7.17. The second kappa shape index (κ2) is 7.88. The average Bonchev–Trinajstić information content (AvgIpc) is 3.04. The van der Waals surface area contributed by atoms with Crippen LogP contribution in [-0.4, -0.2) is 21.9 Å². The molecule has 1 aliphatic heterocycles. The molecule has 1 saturated heterocycles. The van der Waals surface area contributed by atoms with Gasteiger partial charge in [-0.15, -0.1) is 0 Å². The fourth-order valence-corrected chi connectivity index (χ4v) is 3.67. The van der Waals surface area contributed by atoms with E-state index >= 15 is 0 Å². The summed E-state index contributed by atoms with van der Waals surface area (Å²) in [6.07, 6.45) is -4.56. The Balaban J connectivity index is 1.91. The normalized spacial score (nSPS) is 18.2. The molecule has 32 heavy (non-hydrogen) atoms. The van der Waals surface area contributed by atoms with Crippen molar-refractivity contribution in [1.29, 1.82) is 0 Å². The number of hydrogen-bond acceptors (Lipinski definition) is 4. The summed E-state index contributed by atoms with van der Waals surface area (Å²) in [6, 6.07) is 16.5. The number of carbonyl (C=O) groups is 2. The van der Waals surface area contributed by atoms with E-state index in [1.807, 2.05) is 0 Å². The predicted octanol–water partition coefficient (Wildman–Crippen LogP) is 5.04. The summed E-state index contributed by atoms with van der Waals surface area (Å²) in [5, 5.41) is 20.8. The second-order valence-electron chi connectivity index (χ2n) is 7.17. The van der Waals surface area contributed by atoms with Crippen LogP contribution in [0.3, 0.4) is 0 Å². The number of ketones is 1. The number of Topliss-reactive ketones (excluding diaryl/α,β-unsaturated/α-hetero) is 1. The minimum Gasteiger partial charge on any atom is -0.508 e. The van der Waals surface area contributed by atoms with Crippen molar-refractivity contribution in [3.63, 3.8) is 0 Å². The molecular weight excluding hydrogens is 423 g/mol. The van der Waals surface area contributed by atoms with Gasteiger partial charge in [-0.3, -0.25) is 14.5 Å². The van der Waals surface area contributed by atoms with Crippen LogP contribution in [0.25, 0.3) is 5.76 Å². The van der Waals surface area contributed by atoms with Crippen molar-refractivity contribution in [2.24, 2.45) is 0 Å². The zero-order chi connectivity index (χ0) is 23.0. The Hall–Kier alpha value is -4.07. The maximum absolute atomic E-state index is 13.0. The zero-order valence-electron chi connectivity index (χ0n) is 16.4. The summed E-state index contributed by atoms with van der Waals surface area (Å²) in [6.45, 7) is 0. The number of phenols is 1. The molecule has 162 valence electrons. The van der Waals surface area contributed by atoms with E-state index in [-0.39, 0.29) is 17.0 Å². The number of alkyl halides is 3. The monoisotopic (exact) mass is 439 g/mol. The first-order valence-electron chi connectivity index (χ1n) is 9.51. The van der Waals surface area contributed by atoms with Crippen molar-refractivity contribution in [1.82, 2.24) is 0 Å². The molecule has 8 heteroatoms. The van der Waals surface area contributed by atoms with E-state index in [1.165, 1.54) is 18.2 Å². The zero-order valence-corrected chi connectivity index (χ0v) is 16.4. The van der Waals surface area contributed by atoms with Crippen molar-refractivity contribution >= 4 is 23.1 Å². The van der Waals surface area contributed by atoms with Crippen LogP contribution in [0.5, 0.6) is 5.75 Å². The Labute approximate surface area is 180 Å². The summed E-state index contributed by atoms with van der Waals surface area (Å²) in [5.74, 6) is -2.55. The third-order valence-corrected chi connectivity index (χ3v) is 5.15. The molecule has 1 fully saturated rings. The lowest BCUT2D eigenvalue weighted by Crippen LogP contribution is -2.29. The first-order valence-corrected chi connectivity index (χ1v) is 9.51. The number of phenolic OH excluding ortho intramolecular Hbond substituents is 1. The summed E-state index contributed by atoms with van der Waals surface area (Å²) >= 11 is 0. The number of rotatable bonds is 3. The largest absolute Gasteiger partial charge is 0.508 e. The van der Waals surface area contributed by atoms with Gasteiger partial charge in [0.15, 0.2) is 0 Å². The number of carbonyl (C=O) groups excluding carboxylic acids is 2. The lowest BCUT2D eigenvalue weighted by Gasteiger charge is -2.25. The lowest BCUT2D eigenvalue weighted by molar-refractivity contribution is -0.137. The number of halogens is 3. The van der Waals surface area contributed by atoms with E-state index in [0.29, 0.717) is 11.1 Å². The van der Waals surface area contributed by atoms with Gasteiger partial charge in [0.1, 0.15) is 11.5 Å². The van der Waals surface area contributed by atoms with Gasteiger partial charge in [0.2, 0.25) is 0 Å². The van der Waals surface area contributed by atoms with Gasteiger partial charge < -0.3 is 10.2 Å². The Morgan fingerprint density at radius 2 is 1.53 bits per heavy atom. The first-order chi connectivity index (χ1) is 15.2. The Morgan fingerprint density at radius 3 is 2.12 bits per heavy atom. The summed E-state index contributed by atoms with van der Waals surface area (Å²) in [7, 11) is 0. The molecule has 0 spiro atoms. The van der Waals surface area contributed by atoms with Gasteiger partial charge >= 0.3 is 6.18 Å². The smallest absolute Gasteiger partial charge is 0.416 e. The maximum atomic E-state index is 13.0. The van der Waals surface area contributed by atoms with Gasteiger partial charge in [0.05, 0.1) is 17.2 Å². The van der Waals surface area contributed by atoms with Gasteiger partial charge in [-0.2, -0.15) is 13.2 Å². The number of benzene rings is 3. The minimum absolute atomic E-state index is 0.0422. The molecule has 1 atom stereocenters. The van der Waals surface area contributed by atoms with Crippen LogP contribution in [0.4, 0.5) is 18.9 Å². The molecule has 1 amide bonds. The predicted molar refractivity (Wildman–Crippen MR) is 111 cm³/mol. The first kappa shape index (κ1) is 21.2. The number of anilines is 1. The van der Waals surface area contributed by atoms with Crippen LogP contribution >= 0.6 is 0 Å². The molecule has 1 unspecified atom stereocenters. The number of nitrogens with zero attached hydrogens (tertiary/aromatic N) is 1. The molecule has 0 aliphatic carbocycles. The Kier molecular flexibility index (Phi) is 5.22. The molecule has 0 aromatic heterocycles. The molecule has 2 N–H and O–H groups in total. The van der Waals surface area contributed by atoms with Crippen LogP contribution < -0.4 is 4.90 Å². The average molecular weight is 439 g/mol. The molecule has 3 aromatic rings. The van der Waals surface area contributed by atoms with Crippen molar-refractivity contribution in [2.75, 3.05) is 4.90 Å². The molecule has 4 rings (SSSR count). The highest BCUT2D eigenvalue weighted by Gasteiger charge is 2.47. The van der Waals surface area contributed by atoms with Crippen LogP contribution in [0.2, 0.25) is 0 Å². The molecule has 5 nitrogen and oxygen atoms in total. The van der Waals surface area contributed by atoms with E-state index in [4.69, 9.17) is 0 Å². The molecule has 0 bridgehead atoms. The summed E-state index contributed by atoms with van der Waals surface area (Å²) < 4.78 is 38.9. The van der Waals surface area contributed by atoms with Gasteiger partial charge in [0, 0.05) is 11.3 Å². The highest BCUT2D eigenvalue weighted by molar-refractivity contribution is 6.51. The topological polar surface area (TPSA) is 77.8 Å². The van der Waals surface area contributed by atoms with Crippen LogP contribution in [0, 0.1) is 0 Å². The van der Waals surface area contributed by atoms with Gasteiger partial charge in [-0.25, -0.2) is 0 Å². The number of aliphatic hydroxyl groups excluding tert-OH is 1. The van der Waals surface area contributed by atoms with E-state index < -0.39 is 35.2 Å². The van der Waals surface area contributed by atoms with Crippen molar-refractivity contribution in [3.05, 3.63) is 101 Å². The van der Waals surface area contributed by atoms with Crippen molar-refractivity contribution < 1.29 is 33.0 Å². The maximum Gasteiger partial charge on any atom is 0.416 e. The number of aromatic hydroxyl groups is 1.